The first kappa shape index (κ1) is 20.1. The maximum atomic E-state index is 12.3. The number of ether oxygens (including phenoxy) is 2. The summed E-state index contributed by atoms with van der Waals surface area (Å²) in [7, 11) is 2.90. The Morgan fingerprint density at radius 3 is 2.58 bits per heavy atom. The Morgan fingerprint density at radius 1 is 1.31 bits per heavy atom. The zero-order chi connectivity index (χ0) is 19.1. The summed E-state index contributed by atoms with van der Waals surface area (Å²) in [6, 6.07) is 1.82. The maximum absolute atomic E-state index is 12.3. The number of rotatable bonds is 7. The summed E-state index contributed by atoms with van der Waals surface area (Å²) in [4.78, 5) is 12.3. The highest BCUT2D eigenvalue weighted by atomic mass is 16.5. The first-order valence-electron chi connectivity index (χ1n) is 9.31. The molecule has 0 aromatic heterocycles. The third-order valence-electron chi connectivity index (χ3n) is 5.00. The van der Waals surface area contributed by atoms with Gasteiger partial charge in [-0.05, 0) is 50.2 Å². The quantitative estimate of drug-likeness (QED) is 0.531. The molecule has 1 aliphatic carbocycles. The fraction of sp³-hybridized carbons (Fsp3) is 0.500. The number of carbonyl (C=O) groups is 1. The van der Waals surface area contributed by atoms with E-state index in [4.69, 9.17) is 9.47 Å². The molecule has 142 valence electrons. The zero-order valence-corrected chi connectivity index (χ0v) is 16.1. The van der Waals surface area contributed by atoms with Crippen molar-refractivity contribution in [3.63, 3.8) is 0 Å². The molecule has 4 nitrogen and oxygen atoms in total. The van der Waals surface area contributed by atoms with Crippen LogP contribution in [0.5, 0.6) is 11.5 Å². The molecule has 1 aromatic rings. The fourth-order valence-electron chi connectivity index (χ4n) is 3.48. The first-order chi connectivity index (χ1) is 12.5. The summed E-state index contributed by atoms with van der Waals surface area (Å²) in [5.74, 6) is 0.510. The largest absolute Gasteiger partial charge is 0.507 e. The zero-order valence-electron chi connectivity index (χ0n) is 16.1. The molecule has 1 N–H and O–H groups in total. The number of methoxy groups -OCH3 is 2. The van der Waals surface area contributed by atoms with Crippen LogP contribution < -0.4 is 4.74 Å². The lowest BCUT2D eigenvalue weighted by atomic mass is 9.88. The van der Waals surface area contributed by atoms with E-state index < -0.39 is 5.97 Å². The van der Waals surface area contributed by atoms with E-state index in [2.05, 4.69) is 12.7 Å². The van der Waals surface area contributed by atoms with Crippen LogP contribution in [-0.2, 0) is 11.2 Å². The average molecular weight is 358 g/mol. The van der Waals surface area contributed by atoms with E-state index >= 15 is 0 Å². The van der Waals surface area contributed by atoms with Crippen LogP contribution in [0.15, 0.2) is 24.3 Å². The molecule has 1 aromatic carbocycles. The molecule has 0 unspecified atom stereocenters. The van der Waals surface area contributed by atoms with Crippen molar-refractivity contribution in [1.82, 2.24) is 0 Å². The van der Waals surface area contributed by atoms with E-state index in [1.54, 1.807) is 7.11 Å². The second-order valence-corrected chi connectivity index (χ2v) is 7.08. The highest BCUT2D eigenvalue weighted by Crippen LogP contribution is 2.37. The van der Waals surface area contributed by atoms with Gasteiger partial charge in [0.15, 0.2) is 0 Å². The van der Waals surface area contributed by atoms with Gasteiger partial charge >= 0.3 is 5.97 Å². The number of phenolic OH excluding ortho intramolecular Hbond substituents is 1. The smallest absolute Gasteiger partial charge is 0.342 e. The summed E-state index contributed by atoms with van der Waals surface area (Å²) < 4.78 is 10.4. The SMILES string of the molecule is C=C(C)CCc1c(OC)cc(C=CC2CCCCC2)c(C(=O)OC)c1O. The Balaban J connectivity index is 2.44. The highest BCUT2D eigenvalue weighted by molar-refractivity contribution is 5.97. The van der Waals surface area contributed by atoms with E-state index in [0.29, 0.717) is 35.6 Å². The number of esters is 1. The van der Waals surface area contributed by atoms with Crippen LogP contribution in [0.4, 0.5) is 0 Å². The number of allylic oxidation sites excluding steroid dienone is 2. The minimum atomic E-state index is -0.537. The lowest BCUT2D eigenvalue weighted by Gasteiger charge is -2.19. The van der Waals surface area contributed by atoms with Crippen molar-refractivity contribution in [2.24, 2.45) is 5.92 Å². The molecular formula is C22H30O4. The molecular weight excluding hydrogens is 328 g/mol. The normalized spacial score (nSPS) is 15.2. The van der Waals surface area contributed by atoms with Gasteiger partial charge < -0.3 is 14.6 Å². The molecule has 0 aliphatic heterocycles. The highest BCUT2D eigenvalue weighted by Gasteiger charge is 2.23. The second kappa shape index (κ2) is 9.46. The molecule has 1 aliphatic rings. The number of carbonyl (C=O) groups excluding carboxylic acids is 1. The number of hydrogen-bond acceptors (Lipinski definition) is 4. The molecule has 0 atom stereocenters. The monoisotopic (exact) mass is 358 g/mol. The van der Waals surface area contributed by atoms with Crippen LogP contribution in [-0.4, -0.2) is 25.3 Å². The van der Waals surface area contributed by atoms with Gasteiger partial charge in [0.1, 0.15) is 17.1 Å². The summed E-state index contributed by atoms with van der Waals surface area (Å²) in [5.41, 5.74) is 2.46. The predicted molar refractivity (Wildman–Crippen MR) is 105 cm³/mol. The van der Waals surface area contributed by atoms with E-state index in [9.17, 15) is 9.90 Å². The Labute approximate surface area is 156 Å². The molecule has 0 amide bonds. The lowest BCUT2D eigenvalue weighted by Crippen LogP contribution is -2.08. The minimum Gasteiger partial charge on any atom is -0.507 e. The van der Waals surface area contributed by atoms with Gasteiger partial charge in [0.2, 0.25) is 0 Å². The fourth-order valence-corrected chi connectivity index (χ4v) is 3.48. The van der Waals surface area contributed by atoms with Gasteiger partial charge in [-0.3, -0.25) is 0 Å². The summed E-state index contributed by atoms with van der Waals surface area (Å²) in [5, 5.41) is 10.8. The number of aromatic hydroxyl groups is 1. The summed E-state index contributed by atoms with van der Waals surface area (Å²) in [6.45, 7) is 5.84. The standard InChI is InChI=1S/C22H30O4/c1-15(2)10-13-18-19(25-3)14-17(20(21(18)23)22(24)26-4)12-11-16-8-6-5-7-9-16/h11-12,14,16,23H,1,5-10,13H2,2-4H3. The molecule has 1 fully saturated rings. The van der Waals surface area contributed by atoms with Crippen LogP contribution in [0, 0.1) is 5.92 Å². The van der Waals surface area contributed by atoms with Gasteiger partial charge in [-0.15, -0.1) is 6.58 Å². The summed E-state index contributed by atoms with van der Waals surface area (Å²) >= 11 is 0. The Bertz CT molecular complexity index is 682. The minimum absolute atomic E-state index is 0.0549. The molecule has 26 heavy (non-hydrogen) atoms. The van der Waals surface area contributed by atoms with E-state index in [0.717, 1.165) is 5.57 Å². The molecule has 1 saturated carbocycles. The Hall–Kier alpha value is -2.23. The average Bonchev–Trinajstić information content (AvgIpc) is 2.65. The van der Waals surface area contributed by atoms with E-state index in [-0.39, 0.29) is 11.3 Å². The number of benzene rings is 1. The van der Waals surface area contributed by atoms with Crippen molar-refractivity contribution in [2.75, 3.05) is 14.2 Å². The van der Waals surface area contributed by atoms with E-state index in [1.165, 1.54) is 39.2 Å². The van der Waals surface area contributed by atoms with Crippen LogP contribution in [0.2, 0.25) is 0 Å². The van der Waals surface area contributed by atoms with Crippen molar-refractivity contribution in [3.05, 3.63) is 41.0 Å². The van der Waals surface area contributed by atoms with Gasteiger partial charge in [-0.2, -0.15) is 0 Å². The maximum Gasteiger partial charge on any atom is 0.342 e. The molecule has 2 rings (SSSR count). The van der Waals surface area contributed by atoms with Crippen LogP contribution in [0.1, 0.15) is 66.9 Å². The lowest BCUT2D eigenvalue weighted by molar-refractivity contribution is 0.0597. The Morgan fingerprint density at radius 2 is 2.00 bits per heavy atom. The molecule has 0 saturated heterocycles. The van der Waals surface area contributed by atoms with Gasteiger partial charge in [0, 0.05) is 5.56 Å². The van der Waals surface area contributed by atoms with Crippen LogP contribution in [0.25, 0.3) is 6.08 Å². The van der Waals surface area contributed by atoms with Crippen LogP contribution in [0.3, 0.4) is 0 Å². The summed E-state index contributed by atoms with van der Waals surface area (Å²) in [6.07, 6.45) is 11.5. The molecule has 0 heterocycles. The molecule has 0 bridgehead atoms. The van der Waals surface area contributed by atoms with Crippen molar-refractivity contribution in [3.8, 4) is 11.5 Å². The number of phenols is 1. The molecule has 0 radical (unpaired) electrons. The molecule has 4 heteroatoms. The second-order valence-electron chi connectivity index (χ2n) is 7.08. The van der Waals surface area contributed by atoms with Crippen molar-refractivity contribution < 1.29 is 19.4 Å². The number of hydrogen-bond donors (Lipinski definition) is 1. The van der Waals surface area contributed by atoms with Gasteiger partial charge in [0.25, 0.3) is 0 Å². The topological polar surface area (TPSA) is 55.8 Å². The Kier molecular flexibility index (Phi) is 7.31. The van der Waals surface area contributed by atoms with E-state index in [1.807, 2.05) is 19.1 Å². The van der Waals surface area contributed by atoms with Gasteiger partial charge in [0.05, 0.1) is 14.2 Å². The van der Waals surface area contributed by atoms with Crippen molar-refractivity contribution >= 4 is 12.0 Å². The predicted octanol–water partition coefficient (Wildman–Crippen LogP) is 5.29. The van der Waals surface area contributed by atoms with Crippen molar-refractivity contribution in [2.45, 2.75) is 51.9 Å². The van der Waals surface area contributed by atoms with Gasteiger partial charge in [-0.25, -0.2) is 4.79 Å². The third-order valence-corrected chi connectivity index (χ3v) is 5.00. The molecule has 0 spiro atoms. The van der Waals surface area contributed by atoms with Crippen molar-refractivity contribution in [1.29, 1.82) is 0 Å². The first-order valence-corrected chi connectivity index (χ1v) is 9.31. The van der Waals surface area contributed by atoms with Gasteiger partial charge in [-0.1, -0.05) is 37.0 Å². The third kappa shape index (κ3) is 4.90. The van der Waals surface area contributed by atoms with Crippen LogP contribution >= 0.6 is 0 Å².